The number of benzene rings is 3. The minimum atomic E-state index is -0.274. The summed E-state index contributed by atoms with van der Waals surface area (Å²) in [5, 5.41) is 7.76. The standard InChI is InChI=1S/C19H15BrN2O/c20-18-8-4-3-6-15(18)11-12-21-19(23)22-17-10-9-14-5-1-2-7-16(14)13-17/h1-13H,(H2,21,22,23)/b12-11+. The number of anilines is 1. The lowest BCUT2D eigenvalue weighted by Crippen LogP contribution is -2.23. The highest BCUT2D eigenvalue weighted by Gasteiger charge is 2.01. The zero-order chi connectivity index (χ0) is 16.1. The van der Waals surface area contributed by atoms with Gasteiger partial charge in [-0.05, 0) is 40.6 Å². The quantitative estimate of drug-likeness (QED) is 0.640. The van der Waals surface area contributed by atoms with Crippen molar-refractivity contribution in [1.82, 2.24) is 5.32 Å². The van der Waals surface area contributed by atoms with Crippen LogP contribution < -0.4 is 10.6 Å². The van der Waals surface area contributed by atoms with E-state index in [4.69, 9.17) is 0 Å². The van der Waals surface area contributed by atoms with Crippen LogP contribution in [-0.4, -0.2) is 6.03 Å². The van der Waals surface area contributed by atoms with Crippen LogP contribution in [0.3, 0.4) is 0 Å². The van der Waals surface area contributed by atoms with E-state index in [1.54, 1.807) is 6.20 Å². The van der Waals surface area contributed by atoms with Crippen molar-refractivity contribution in [2.45, 2.75) is 0 Å². The fraction of sp³-hybridized carbons (Fsp3) is 0. The number of hydrogen-bond acceptors (Lipinski definition) is 1. The molecule has 4 heteroatoms. The third-order valence-electron chi connectivity index (χ3n) is 3.39. The average Bonchev–Trinajstić information content (AvgIpc) is 2.56. The van der Waals surface area contributed by atoms with Gasteiger partial charge in [-0.3, -0.25) is 0 Å². The van der Waals surface area contributed by atoms with Gasteiger partial charge >= 0.3 is 6.03 Å². The smallest absolute Gasteiger partial charge is 0.314 e. The Morgan fingerprint density at radius 1 is 0.913 bits per heavy atom. The van der Waals surface area contributed by atoms with E-state index in [1.165, 1.54) is 0 Å². The van der Waals surface area contributed by atoms with Crippen molar-refractivity contribution in [3.05, 3.63) is 83.0 Å². The third-order valence-corrected chi connectivity index (χ3v) is 4.11. The summed E-state index contributed by atoms with van der Waals surface area (Å²) in [5.74, 6) is 0. The number of nitrogens with one attached hydrogen (secondary N) is 2. The van der Waals surface area contributed by atoms with Crippen LogP contribution in [0.25, 0.3) is 16.8 Å². The van der Waals surface area contributed by atoms with E-state index in [-0.39, 0.29) is 6.03 Å². The summed E-state index contributed by atoms with van der Waals surface area (Å²) in [4.78, 5) is 11.9. The largest absolute Gasteiger partial charge is 0.323 e. The lowest BCUT2D eigenvalue weighted by Gasteiger charge is -2.06. The predicted octanol–water partition coefficient (Wildman–Crippen LogP) is 5.39. The zero-order valence-corrected chi connectivity index (χ0v) is 13.9. The summed E-state index contributed by atoms with van der Waals surface area (Å²) in [6, 6.07) is 21.4. The summed E-state index contributed by atoms with van der Waals surface area (Å²) >= 11 is 3.46. The van der Waals surface area contributed by atoms with E-state index < -0.39 is 0 Å². The lowest BCUT2D eigenvalue weighted by atomic mass is 10.1. The number of amides is 2. The molecule has 3 nitrogen and oxygen atoms in total. The van der Waals surface area contributed by atoms with Crippen LogP contribution in [0.4, 0.5) is 10.5 Å². The van der Waals surface area contributed by atoms with Crippen LogP contribution in [0.1, 0.15) is 5.56 Å². The van der Waals surface area contributed by atoms with Crippen LogP contribution in [-0.2, 0) is 0 Å². The molecule has 3 rings (SSSR count). The maximum absolute atomic E-state index is 11.9. The van der Waals surface area contributed by atoms with E-state index in [9.17, 15) is 4.79 Å². The first-order chi connectivity index (χ1) is 11.2. The van der Waals surface area contributed by atoms with Gasteiger partial charge in [0.25, 0.3) is 0 Å². The molecule has 0 saturated carbocycles. The molecule has 23 heavy (non-hydrogen) atoms. The average molecular weight is 367 g/mol. The molecule has 0 unspecified atom stereocenters. The second-order valence-corrected chi connectivity index (χ2v) is 5.87. The Labute approximate surface area is 143 Å². The van der Waals surface area contributed by atoms with E-state index in [2.05, 4.69) is 26.6 Å². The number of rotatable bonds is 3. The Balaban J connectivity index is 1.63. The van der Waals surface area contributed by atoms with Gasteiger partial charge in [-0.2, -0.15) is 0 Å². The summed E-state index contributed by atoms with van der Waals surface area (Å²) < 4.78 is 0.980. The molecule has 2 N–H and O–H groups in total. The maximum atomic E-state index is 11.9. The van der Waals surface area contributed by atoms with E-state index in [1.807, 2.05) is 72.8 Å². The van der Waals surface area contributed by atoms with Gasteiger partial charge in [0.05, 0.1) is 0 Å². The van der Waals surface area contributed by atoms with E-state index in [0.717, 1.165) is 26.5 Å². The second-order valence-electron chi connectivity index (χ2n) is 5.02. The molecule has 0 heterocycles. The SMILES string of the molecule is O=C(N/C=C/c1ccccc1Br)Nc1ccc2ccccc2c1. The number of fused-ring (bicyclic) bond motifs is 1. The van der Waals surface area contributed by atoms with Crippen molar-refractivity contribution in [2.24, 2.45) is 0 Å². The van der Waals surface area contributed by atoms with Gasteiger partial charge in [-0.1, -0.05) is 64.5 Å². The summed E-state index contributed by atoms with van der Waals surface area (Å²) in [7, 11) is 0. The predicted molar refractivity (Wildman–Crippen MR) is 99.3 cm³/mol. The summed E-state index contributed by atoms with van der Waals surface area (Å²) in [5.41, 5.74) is 1.76. The number of carbonyl (C=O) groups is 1. The van der Waals surface area contributed by atoms with Gasteiger partial charge in [0.2, 0.25) is 0 Å². The van der Waals surface area contributed by atoms with Crippen molar-refractivity contribution < 1.29 is 4.79 Å². The molecule has 0 aromatic heterocycles. The lowest BCUT2D eigenvalue weighted by molar-refractivity contribution is 0.255. The second kappa shape index (κ2) is 7.11. The molecule has 3 aromatic rings. The fourth-order valence-electron chi connectivity index (χ4n) is 2.25. The Kier molecular flexibility index (Phi) is 4.74. The van der Waals surface area contributed by atoms with E-state index >= 15 is 0 Å². The van der Waals surface area contributed by atoms with Crippen LogP contribution in [0, 0.1) is 0 Å². The molecule has 0 aliphatic heterocycles. The molecule has 0 saturated heterocycles. The van der Waals surface area contributed by atoms with Gasteiger partial charge in [0.1, 0.15) is 0 Å². The van der Waals surface area contributed by atoms with Gasteiger partial charge in [0.15, 0.2) is 0 Å². The maximum Gasteiger partial charge on any atom is 0.323 e. The summed E-state index contributed by atoms with van der Waals surface area (Å²) in [6.07, 6.45) is 3.46. The van der Waals surface area contributed by atoms with Crippen molar-refractivity contribution in [1.29, 1.82) is 0 Å². The monoisotopic (exact) mass is 366 g/mol. The molecule has 0 fully saturated rings. The first kappa shape index (κ1) is 15.3. The number of carbonyl (C=O) groups excluding carboxylic acids is 1. The van der Waals surface area contributed by atoms with Crippen molar-refractivity contribution in [2.75, 3.05) is 5.32 Å². The minimum Gasteiger partial charge on any atom is -0.314 e. The van der Waals surface area contributed by atoms with Crippen LogP contribution in [0.5, 0.6) is 0 Å². The highest BCUT2D eigenvalue weighted by Crippen LogP contribution is 2.19. The highest BCUT2D eigenvalue weighted by atomic mass is 79.9. The molecular weight excluding hydrogens is 352 g/mol. The number of urea groups is 1. The Hall–Kier alpha value is -2.59. The minimum absolute atomic E-state index is 0.274. The fourth-order valence-corrected chi connectivity index (χ4v) is 2.67. The van der Waals surface area contributed by atoms with Gasteiger partial charge in [-0.25, -0.2) is 4.79 Å². The van der Waals surface area contributed by atoms with Gasteiger partial charge in [0, 0.05) is 16.4 Å². The molecule has 0 radical (unpaired) electrons. The van der Waals surface area contributed by atoms with Crippen molar-refractivity contribution >= 4 is 44.5 Å². The molecule has 0 aliphatic rings. The number of hydrogen-bond donors (Lipinski definition) is 2. The first-order valence-electron chi connectivity index (χ1n) is 7.20. The Bertz CT molecular complexity index is 874. The molecular formula is C19H15BrN2O. The van der Waals surface area contributed by atoms with Crippen molar-refractivity contribution in [3.8, 4) is 0 Å². The highest BCUT2D eigenvalue weighted by molar-refractivity contribution is 9.10. The zero-order valence-electron chi connectivity index (χ0n) is 12.3. The molecule has 0 atom stereocenters. The van der Waals surface area contributed by atoms with Crippen LogP contribution in [0.15, 0.2) is 77.4 Å². The Morgan fingerprint density at radius 2 is 1.65 bits per heavy atom. The molecule has 114 valence electrons. The summed E-state index contributed by atoms with van der Waals surface area (Å²) in [6.45, 7) is 0. The van der Waals surface area contributed by atoms with E-state index in [0.29, 0.717) is 0 Å². The molecule has 0 aliphatic carbocycles. The molecule has 0 spiro atoms. The van der Waals surface area contributed by atoms with Crippen molar-refractivity contribution in [3.63, 3.8) is 0 Å². The topological polar surface area (TPSA) is 41.1 Å². The third kappa shape index (κ3) is 3.99. The Morgan fingerprint density at radius 3 is 2.48 bits per heavy atom. The van der Waals surface area contributed by atoms with Gasteiger partial charge < -0.3 is 10.6 Å². The number of halogens is 1. The molecule has 2 amide bonds. The first-order valence-corrected chi connectivity index (χ1v) is 7.99. The molecule has 3 aromatic carbocycles. The normalized spacial score (nSPS) is 10.8. The van der Waals surface area contributed by atoms with Crippen LogP contribution in [0.2, 0.25) is 0 Å². The van der Waals surface area contributed by atoms with Gasteiger partial charge in [-0.15, -0.1) is 0 Å². The molecule has 0 bridgehead atoms. The van der Waals surface area contributed by atoms with Crippen LogP contribution >= 0.6 is 15.9 Å².